The Morgan fingerprint density at radius 1 is 0.952 bits per heavy atom. The molecule has 0 aromatic heterocycles. The van der Waals surface area contributed by atoms with Gasteiger partial charge in [0.15, 0.2) is 6.29 Å². The van der Waals surface area contributed by atoms with Gasteiger partial charge in [-0.2, -0.15) is 0 Å². The van der Waals surface area contributed by atoms with Crippen molar-refractivity contribution in [3.8, 4) is 16.9 Å². The van der Waals surface area contributed by atoms with E-state index < -0.39 is 0 Å². The zero-order valence-electron chi connectivity index (χ0n) is 10.8. The minimum atomic E-state index is 0.128. The molecule has 4 heteroatoms. The average molecular weight is 317 g/mol. The van der Waals surface area contributed by atoms with Crippen LogP contribution in [0.25, 0.3) is 21.9 Å². The van der Waals surface area contributed by atoms with Gasteiger partial charge in [0, 0.05) is 16.5 Å². The highest BCUT2D eigenvalue weighted by molar-refractivity contribution is 6.38. The predicted molar refractivity (Wildman–Crippen MR) is 86.5 cm³/mol. The van der Waals surface area contributed by atoms with Crippen LogP contribution in [0.15, 0.2) is 48.5 Å². The molecule has 3 aromatic carbocycles. The highest BCUT2D eigenvalue weighted by Gasteiger charge is 2.08. The number of rotatable bonds is 2. The summed E-state index contributed by atoms with van der Waals surface area (Å²) in [5, 5.41) is 12.1. The van der Waals surface area contributed by atoms with Gasteiger partial charge in [0.1, 0.15) is 5.75 Å². The van der Waals surface area contributed by atoms with Gasteiger partial charge in [-0.15, -0.1) is 0 Å². The molecule has 3 rings (SSSR count). The van der Waals surface area contributed by atoms with Crippen LogP contribution in [0.5, 0.6) is 5.75 Å². The summed E-state index contributed by atoms with van der Waals surface area (Å²) in [5.41, 5.74) is 2.22. The van der Waals surface area contributed by atoms with E-state index in [1.807, 2.05) is 24.3 Å². The van der Waals surface area contributed by atoms with Crippen LogP contribution in [0.2, 0.25) is 10.0 Å². The Morgan fingerprint density at radius 2 is 1.76 bits per heavy atom. The lowest BCUT2D eigenvalue weighted by atomic mass is 10.00. The van der Waals surface area contributed by atoms with E-state index in [1.165, 1.54) is 6.07 Å². The first-order valence-electron chi connectivity index (χ1n) is 6.26. The van der Waals surface area contributed by atoms with Crippen LogP contribution in [0.3, 0.4) is 0 Å². The Morgan fingerprint density at radius 3 is 2.48 bits per heavy atom. The monoisotopic (exact) mass is 316 g/mol. The molecule has 0 unspecified atom stereocenters. The van der Waals surface area contributed by atoms with E-state index in [0.717, 1.165) is 28.2 Å². The van der Waals surface area contributed by atoms with Crippen molar-refractivity contribution in [2.75, 3.05) is 0 Å². The van der Waals surface area contributed by atoms with Crippen LogP contribution in [-0.4, -0.2) is 11.4 Å². The topological polar surface area (TPSA) is 37.3 Å². The molecule has 104 valence electrons. The normalized spacial score (nSPS) is 10.8. The van der Waals surface area contributed by atoms with Crippen LogP contribution >= 0.6 is 23.2 Å². The first-order chi connectivity index (χ1) is 10.1. The van der Waals surface area contributed by atoms with Crippen LogP contribution in [0.4, 0.5) is 0 Å². The summed E-state index contributed by atoms with van der Waals surface area (Å²) in [5.74, 6) is 0.128. The molecular weight excluding hydrogens is 307 g/mol. The molecule has 0 atom stereocenters. The predicted octanol–water partition coefficient (Wildman–Crippen LogP) is 5.33. The molecule has 0 aliphatic heterocycles. The number of phenols is 1. The van der Waals surface area contributed by atoms with E-state index in [4.69, 9.17) is 23.2 Å². The smallest absolute Gasteiger partial charge is 0.151 e. The zero-order valence-corrected chi connectivity index (χ0v) is 12.3. The quantitative estimate of drug-likeness (QED) is 0.648. The molecule has 2 nitrogen and oxygen atoms in total. The fraction of sp³-hybridized carbons (Fsp3) is 0. The largest absolute Gasteiger partial charge is 0.508 e. The summed E-state index contributed by atoms with van der Waals surface area (Å²) in [4.78, 5) is 10.9. The number of hydrogen-bond donors (Lipinski definition) is 1. The molecule has 0 radical (unpaired) electrons. The van der Waals surface area contributed by atoms with Crippen LogP contribution in [0, 0.1) is 0 Å². The number of hydrogen-bond acceptors (Lipinski definition) is 2. The molecule has 0 spiro atoms. The Bertz CT molecular complexity index is 857. The van der Waals surface area contributed by atoms with Crippen LogP contribution in [0.1, 0.15) is 10.4 Å². The third kappa shape index (κ3) is 2.48. The number of aldehydes is 1. The molecule has 1 N–H and O–H groups in total. The molecule has 0 amide bonds. The van der Waals surface area contributed by atoms with E-state index in [9.17, 15) is 9.90 Å². The maximum atomic E-state index is 10.9. The fourth-order valence-corrected chi connectivity index (χ4v) is 2.87. The van der Waals surface area contributed by atoms with Gasteiger partial charge < -0.3 is 5.11 Å². The second-order valence-corrected chi connectivity index (χ2v) is 5.47. The lowest BCUT2D eigenvalue weighted by Crippen LogP contribution is -1.86. The van der Waals surface area contributed by atoms with Gasteiger partial charge in [-0.05, 0) is 41.3 Å². The number of halogens is 2. The first kappa shape index (κ1) is 13.9. The van der Waals surface area contributed by atoms with Crippen molar-refractivity contribution in [1.29, 1.82) is 0 Å². The summed E-state index contributed by atoms with van der Waals surface area (Å²) < 4.78 is 0. The third-order valence-electron chi connectivity index (χ3n) is 3.37. The summed E-state index contributed by atoms with van der Waals surface area (Å²) >= 11 is 12.4. The minimum Gasteiger partial charge on any atom is -0.508 e. The molecule has 3 aromatic rings. The van der Waals surface area contributed by atoms with Crippen molar-refractivity contribution in [1.82, 2.24) is 0 Å². The standard InChI is InChI=1S/C17H10Cl2O2/c18-16-8-13(21)4-6-14(16)10-3-5-15-11(7-10)1-2-12(9-20)17(15)19/h1-9,21H. The number of carbonyl (C=O) groups excluding carboxylic acids is 1. The molecule has 0 heterocycles. The Labute approximate surface area is 131 Å². The summed E-state index contributed by atoms with van der Waals surface area (Å²) in [7, 11) is 0. The van der Waals surface area contributed by atoms with Crippen LogP contribution < -0.4 is 0 Å². The maximum absolute atomic E-state index is 10.9. The highest BCUT2D eigenvalue weighted by Crippen LogP contribution is 2.34. The van der Waals surface area contributed by atoms with Gasteiger partial charge in [0.2, 0.25) is 0 Å². The van der Waals surface area contributed by atoms with Crippen molar-refractivity contribution in [2.24, 2.45) is 0 Å². The number of aromatic hydroxyl groups is 1. The van der Waals surface area contributed by atoms with Crippen molar-refractivity contribution in [3.05, 3.63) is 64.1 Å². The average Bonchev–Trinajstić information content (AvgIpc) is 2.47. The van der Waals surface area contributed by atoms with Gasteiger partial charge >= 0.3 is 0 Å². The number of carbonyl (C=O) groups is 1. The molecular formula is C17H10Cl2O2. The summed E-state index contributed by atoms with van der Waals surface area (Å²) in [6, 6.07) is 14.1. The van der Waals surface area contributed by atoms with Crippen molar-refractivity contribution in [3.63, 3.8) is 0 Å². The summed E-state index contributed by atoms with van der Waals surface area (Å²) in [6.07, 6.45) is 0.743. The second-order valence-electron chi connectivity index (χ2n) is 4.69. The molecule has 0 saturated heterocycles. The van der Waals surface area contributed by atoms with Crippen LogP contribution in [-0.2, 0) is 0 Å². The van der Waals surface area contributed by atoms with E-state index in [0.29, 0.717) is 15.6 Å². The van der Waals surface area contributed by atoms with Gasteiger partial charge in [0.25, 0.3) is 0 Å². The van der Waals surface area contributed by atoms with Gasteiger partial charge in [0.05, 0.1) is 10.0 Å². The van der Waals surface area contributed by atoms with Crippen molar-refractivity contribution in [2.45, 2.75) is 0 Å². The van der Waals surface area contributed by atoms with E-state index >= 15 is 0 Å². The first-order valence-corrected chi connectivity index (χ1v) is 7.02. The molecule has 0 saturated carbocycles. The van der Waals surface area contributed by atoms with E-state index in [1.54, 1.807) is 18.2 Å². The SMILES string of the molecule is O=Cc1ccc2cc(-c3ccc(O)cc3Cl)ccc2c1Cl. The molecule has 0 fully saturated rings. The molecule has 0 aliphatic rings. The van der Waals surface area contributed by atoms with E-state index in [2.05, 4.69) is 0 Å². The molecule has 21 heavy (non-hydrogen) atoms. The fourth-order valence-electron chi connectivity index (χ4n) is 2.31. The van der Waals surface area contributed by atoms with Crippen molar-refractivity contribution < 1.29 is 9.90 Å². The summed E-state index contributed by atoms with van der Waals surface area (Å²) in [6.45, 7) is 0. The Balaban J connectivity index is 2.20. The lowest BCUT2D eigenvalue weighted by Gasteiger charge is -2.08. The maximum Gasteiger partial charge on any atom is 0.151 e. The van der Waals surface area contributed by atoms with E-state index in [-0.39, 0.29) is 5.75 Å². The zero-order chi connectivity index (χ0) is 15.0. The van der Waals surface area contributed by atoms with Gasteiger partial charge in [-0.3, -0.25) is 4.79 Å². The number of fused-ring (bicyclic) bond motifs is 1. The molecule has 0 aliphatic carbocycles. The van der Waals surface area contributed by atoms with Crippen molar-refractivity contribution >= 4 is 40.3 Å². The van der Waals surface area contributed by atoms with Gasteiger partial charge in [-0.1, -0.05) is 41.4 Å². The highest BCUT2D eigenvalue weighted by atomic mass is 35.5. The van der Waals surface area contributed by atoms with Gasteiger partial charge in [-0.25, -0.2) is 0 Å². The second kappa shape index (κ2) is 5.40. The Kier molecular flexibility index (Phi) is 3.58. The lowest BCUT2D eigenvalue weighted by molar-refractivity contribution is 0.112. The number of benzene rings is 3. The third-order valence-corrected chi connectivity index (χ3v) is 4.11. The Hall–Kier alpha value is -2.03. The number of phenolic OH excluding ortho intramolecular Hbond substituents is 1. The minimum absolute atomic E-state index is 0.128. The molecule has 0 bridgehead atoms.